The Labute approximate surface area is 283 Å². The van der Waals surface area contributed by atoms with Crippen LogP contribution in [0.4, 0.5) is 0 Å². The number of ketones is 1. The van der Waals surface area contributed by atoms with Crippen molar-refractivity contribution in [3.8, 4) is 23.0 Å². The van der Waals surface area contributed by atoms with E-state index < -0.39 is 11.8 Å². The number of methoxy groups -OCH3 is 1. The summed E-state index contributed by atoms with van der Waals surface area (Å²) in [6, 6.07) is 15.0. The normalized spacial score (nSPS) is 11.8. The Morgan fingerprint density at radius 2 is 1.36 bits per heavy atom. The van der Waals surface area contributed by atoms with Crippen LogP contribution in [0.25, 0.3) is 16.6 Å². The number of nitrogens with zero attached hydrogens (tertiary/aromatic N) is 2. The molecule has 0 atom stereocenters. The van der Waals surface area contributed by atoms with Crippen molar-refractivity contribution in [3.63, 3.8) is 0 Å². The first-order chi connectivity index (χ1) is 20.5. The van der Waals surface area contributed by atoms with E-state index in [0.717, 1.165) is 11.7 Å². The number of allylic oxidation sites excluding steroid dienone is 1. The Morgan fingerprint density at radius 1 is 0.773 bits per heavy atom. The molecule has 0 fully saturated rings. The second-order valence-corrected chi connectivity index (χ2v) is 11.3. The van der Waals surface area contributed by atoms with Crippen molar-refractivity contribution in [2.45, 2.75) is 66.3 Å². The van der Waals surface area contributed by atoms with E-state index >= 15 is 0 Å². The van der Waals surface area contributed by atoms with Gasteiger partial charge >= 0.3 is 29.6 Å². The minimum absolute atomic E-state index is 0. The quantitative estimate of drug-likeness (QED) is 0.125. The van der Waals surface area contributed by atoms with Crippen molar-refractivity contribution in [2.75, 3.05) is 7.11 Å². The average molecular weight is 627 g/mol. The smallest absolute Gasteiger partial charge is 0.545 e. The van der Waals surface area contributed by atoms with Crippen molar-refractivity contribution >= 4 is 40.1 Å². The van der Waals surface area contributed by atoms with Gasteiger partial charge in [0.2, 0.25) is 5.75 Å². The minimum Gasteiger partial charge on any atom is -0.545 e. The van der Waals surface area contributed by atoms with Crippen molar-refractivity contribution in [2.24, 2.45) is 0 Å². The van der Waals surface area contributed by atoms with E-state index in [1.807, 2.05) is 41.5 Å². The average Bonchev–Trinajstić information content (AvgIpc) is 3.41. The van der Waals surface area contributed by atoms with E-state index in [4.69, 9.17) is 18.9 Å². The summed E-state index contributed by atoms with van der Waals surface area (Å²) in [5, 5.41) is 12.8. The number of aliphatic carboxylic acids is 1. The number of hydrogen-bond acceptors (Lipinski definition) is 10. The summed E-state index contributed by atoms with van der Waals surface area (Å²) in [6.45, 7) is 11.4. The molecule has 0 aliphatic heterocycles. The monoisotopic (exact) mass is 626 g/mol. The first-order valence-corrected chi connectivity index (χ1v) is 14.7. The molecule has 4 aromatic rings. The van der Waals surface area contributed by atoms with E-state index in [1.165, 1.54) is 7.11 Å². The van der Waals surface area contributed by atoms with Crippen LogP contribution in [0.1, 0.15) is 63.0 Å². The van der Waals surface area contributed by atoms with Crippen LogP contribution < -0.4 is 53.6 Å². The van der Waals surface area contributed by atoms with Crippen molar-refractivity contribution in [1.29, 1.82) is 0 Å². The zero-order valence-electron chi connectivity index (χ0n) is 26.3. The molecule has 0 saturated carbocycles. The number of carbonyl (C=O) groups excluding carboxylic acids is 2. The predicted octanol–water partition coefficient (Wildman–Crippen LogP) is 2.69. The number of carboxylic acid groups (broad SMARTS) is 1. The fraction of sp³-hybridized carbons (Fsp3) is 0.333. The van der Waals surface area contributed by atoms with Gasteiger partial charge in [-0.1, -0.05) is 6.07 Å². The molecule has 0 N–H and O–H groups in total. The molecule has 44 heavy (non-hydrogen) atoms. The van der Waals surface area contributed by atoms with E-state index in [2.05, 4.69) is 8.75 Å². The number of ether oxygens (including phenoxy) is 4. The molecular formula is C33H35N2NaO7S. The molecule has 11 heteroatoms. The molecule has 0 radical (unpaired) electrons. The predicted molar refractivity (Wildman–Crippen MR) is 164 cm³/mol. The van der Waals surface area contributed by atoms with Crippen LogP contribution in [0.2, 0.25) is 0 Å². The van der Waals surface area contributed by atoms with Gasteiger partial charge in [-0.3, -0.25) is 4.79 Å². The van der Waals surface area contributed by atoms with Crippen molar-refractivity contribution in [3.05, 3.63) is 76.9 Å². The number of Topliss-reactive ketones (excluding diaryl/α,β-unsaturated/α-hetero) is 1. The zero-order chi connectivity index (χ0) is 31.3. The van der Waals surface area contributed by atoms with Gasteiger partial charge in [0.1, 0.15) is 16.8 Å². The van der Waals surface area contributed by atoms with Gasteiger partial charge in [0.05, 0.1) is 43.1 Å². The Balaban J connectivity index is 0.00000529. The van der Waals surface area contributed by atoms with Gasteiger partial charge in [0.25, 0.3) is 0 Å². The van der Waals surface area contributed by atoms with Crippen LogP contribution in [0.3, 0.4) is 0 Å². The molecular weight excluding hydrogens is 591 g/mol. The van der Waals surface area contributed by atoms with Crippen LogP contribution in [-0.2, 0) is 11.2 Å². The number of rotatable bonds is 13. The maximum atomic E-state index is 14.1. The van der Waals surface area contributed by atoms with Gasteiger partial charge in [0, 0.05) is 23.1 Å². The maximum Gasteiger partial charge on any atom is 1.00 e. The second-order valence-electron chi connectivity index (χ2n) is 10.8. The number of benzene rings is 3. The Hall–Kier alpha value is -3.44. The maximum absolute atomic E-state index is 14.1. The molecule has 0 amide bonds. The fourth-order valence-corrected chi connectivity index (χ4v) is 5.07. The summed E-state index contributed by atoms with van der Waals surface area (Å²) in [5.74, 6) is -0.122. The molecule has 0 bridgehead atoms. The molecule has 4 rings (SSSR count). The molecule has 0 aliphatic carbocycles. The molecule has 1 heterocycles. The molecule has 0 saturated heterocycles. The van der Waals surface area contributed by atoms with Gasteiger partial charge < -0.3 is 28.8 Å². The molecule has 226 valence electrons. The molecule has 3 aromatic carbocycles. The number of aromatic nitrogens is 2. The molecule has 0 unspecified atom stereocenters. The number of carbonyl (C=O) groups is 2. The summed E-state index contributed by atoms with van der Waals surface area (Å²) in [4.78, 5) is 26.9. The summed E-state index contributed by atoms with van der Waals surface area (Å²) in [6.07, 6.45) is -0.452. The summed E-state index contributed by atoms with van der Waals surface area (Å²) in [7, 11) is 1.51. The standard InChI is InChI=1S/C33H36N2O7S.Na/c1-18(2)40-24-11-8-22(9-12-24)31(36)25(30(33(37)38)23-10-13-26-27(17-23)35-43-34-26)14-21-15-28(39-7)32(42-20(5)6)29(16-21)41-19(3)4;/h8-13,15-20H,14H2,1-7H3,(H,37,38);/q;+1/p-1/b30-25+;. The van der Waals surface area contributed by atoms with Gasteiger partial charge in [0.15, 0.2) is 17.3 Å². The Bertz CT molecular complexity index is 1650. The second kappa shape index (κ2) is 15.5. The number of fused-ring (bicyclic) bond motifs is 1. The SMILES string of the molecule is COc1cc(C/C(C(=O)c2ccc(OC(C)C)cc2)=C(\C(=O)[O-])c2ccc3nsnc3c2)cc(OC(C)C)c1OC(C)C.[Na+]. The Kier molecular flexibility index (Phi) is 12.4. The summed E-state index contributed by atoms with van der Waals surface area (Å²) < 4.78 is 31.9. The van der Waals surface area contributed by atoms with E-state index in [0.29, 0.717) is 45.2 Å². The molecule has 1 aromatic heterocycles. The molecule has 0 spiro atoms. The largest absolute Gasteiger partial charge is 1.00 e. The zero-order valence-corrected chi connectivity index (χ0v) is 29.1. The van der Waals surface area contributed by atoms with Crippen LogP contribution in [-0.4, -0.2) is 45.9 Å². The van der Waals surface area contributed by atoms with Gasteiger partial charge in [-0.05, 0) is 101 Å². The van der Waals surface area contributed by atoms with Crippen LogP contribution in [0, 0.1) is 0 Å². The minimum atomic E-state index is -1.49. The van der Waals surface area contributed by atoms with Crippen LogP contribution in [0.5, 0.6) is 23.0 Å². The summed E-state index contributed by atoms with van der Waals surface area (Å²) >= 11 is 1.02. The van der Waals surface area contributed by atoms with Crippen LogP contribution in [0.15, 0.2) is 60.2 Å². The topological polar surface area (TPSA) is 120 Å². The summed E-state index contributed by atoms with van der Waals surface area (Å²) in [5.41, 5.74) is 2.10. The van der Waals surface area contributed by atoms with Gasteiger partial charge in [-0.25, -0.2) is 0 Å². The fourth-order valence-electron chi connectivity index (χ4n) is 4.55. The number of carboxylic acids is 1. The Morgan fingerprint density at radius 3 is 1.95 bits per heavy atom. The first kappa shape index (κ1) is 35.0. The number of hydrogen-bond donors (Lipinski definition) is 0. The third kappa shape index (κ3) is 8.59. The van der Waals surface area contributed by atoms with Gasteiger partial charge in [-0.15, -0.1) is 0 Å². The molecule has 0 aliphatic rings. The van der Waals surface area contributed by atoms with Gasteiger partial charge in [-0.2, -0.15) is 8.75 Å². The first-order valence-electron chi connectivity index (χ1n) is 14.0. The third-order valence-electron chi connectivity index (χ3n) is 6.21. The van der Waals surface area contributed by atoms with E-state index in [-0.39, 0.29) is 71.0 Å². The van der Waals surface area contributed by atoms with Crippen molar-refractivity contribution in [1.82, 2.24) is 8.75 Å². The van der Waals surface area contributed by atoms with E-state index in [9.17, 15) is 14.7 Å². The molecule has 9 nitrogen and oxygen atoms in total. The van der Waals surface area contributed by atoms with Crippen LogP contribution >= 0.6 is 11.7 Å². The van der Waals surface area contributed by atoms with Crippen molar-refractivity contribution < 1.29 is 63.2 Å². The third-order valence-corrected chi connectivity index (χ3v) is 6.77. The van der Waals surface area contributed by atoms with E-state index in [1.54, 1.807) is 54.6 Å².